The predicted molar refractivity (Wildman–Crippen MR) is 89.2 cm³/mol. The second-order valence-corrected chi connectivity index (χ2v) is 7.05. The van der Waals surface area contributed by atoms with Gasteiger partial charge in [-0.2, -0.15) is 13.2 Å². The molecule has 0 atom stereocenters. The van der Waals surface area contributed by atoms with E-state index in [-0.39, 0.29) is 11.4 Å². The molecule has 0 unspecified atom stereocenters. The highest BCUT2D eigenvalue weighted by molar-refractivity contribution is 7.92. The van der Waals surface area contributed by atoms with Crippen molar-refractivity contribution in [3.8, 4) is 11.5 Å². The zero-order valence-corrected chi connectivity index (χ0v) is 14.7. The van der Waals surface area contributed by atoms with Gasteiger partial charge in [0.15, 0.2) is 0 Å². The third kappa shape index (κ3) is 4.22. The van der Waals surface area contributed by atoms with E-state index < -0.39 is 30.9 Å². The van der Waals surface area contributed by atoms with Crippen molar-refractivity contribution >= 4 is 26.9 Å². The number of nitrogens with zero attached hydrogens (tertiary/aromatic N) is 1. The van der Waals surface area contributed by atoms with Gasteiger partial charge in [0.1, 0.15) is 17.2 Å². The number of rotatable bonds is 6. The van der Waals surface area contributed by atoms with Gasteiger partial charge >= 0.3 is 5.51 Å². The zero-order chi connectivity index (χ0) is 20.4. The van der Waals surface area contributed by atoms with Crippen LogP contribution in [-0.4, -0.2) is 33.1 Å². The second kappa shape index (κ2) is 7.31. The maximum atomic E-state index is 12.7. The number of hydrogen-bond acceptors (Lipinski definition) is 7. The summed E-state index contributed by atoms with van der Waals surface area (Å²) in [6, 6.07) is 6.33. The van der Waals surface area contributed by atoms with E-state index in [1.54, 1.807) is 6.07 Å². The molecule has 12 heteroatoms. The molecule has 0 aliphatic carbocycles. The summed E-state index contributed by atoms with van der Waals surface area (Å²) in [7, 11) is -2.94. The fourth-order valence-electron chi connectivity index (χ4n) is 2.10. The van der Waals surface area contributed by atoms with Crippen LogP contribution in [0.3, 0.4) is 0 Å². The highest BCUT2D eigenvalue weighted by atomic mass is 32.2. The van der Waals surface area contributed by atoms with Crippen LogP contribution in [0.4, 0.5) is 30.2 Å². The lowest BCUT2D eigenvalue weighted by Gasteiger charge is -2.12. The molecule has 0 spiro atoms. The molecule has 0 amide bonds. The largest absolute Gasteiger partial charge is 0.501 e. The maximum Gasteiger partial charge on any atom is 0.501 e. The number of halogens is 3. The third-order valence-electron chi connectivity index (χ3n) is 3.41. The number of nitro groups is 1. The van der Waals surface area contributed by atoms with Gasteiger partial charge in [0.05, 0.1) is 24.0 Å². The van der Waals surface area contributed by atoms with Crippen molar-refractivity contribution in [3.05, 3.63) is 46.5 Å². The van der Waals surface area contributed by atoms with Crippen LogP contribution in [0.25, 0.3) is 0 Å². The Balaban J connectivity index is 2.52. The molecule has 1 N–H and O–H groups in total. The first-order chi connectivity index (χ1) is 12.5. The van der Waals surface area contributed by atoms with Gasteiger partial charge in [-0.3, -0.25) is 10.1 Å². The summed E-state index contributed by atoms with van der Waals surface area (Å²) in [5, 5.41) is 13.9. The smallest absolute Gasteiger partial charge is 0.497 e. The molecule has 0 aliphatic heterocycles. The van der Waals surface area contributed by atoms with Crippen LogP contribution in [0.1, 0.15) is 0 Å². The van der Waals surface area contributed by atoms with E-state index in [1.807, 2.05) is 0 Å². The van der Waals surface area contributed by atoms with Crippen LogP contribution < -0.4 is 14.8 Å². The standard InChI is InChI=1S/C15H13F3N2O6S/c1-25-10-5-9(6-11(7-10)26-2)19-13-4-3-12(8-14(13)20(21)22)27(23,24)15(16,17)18/h3-8,19H,1-2H3. The lowest BCUT2D eigenvalue weighted by atomic mass is 10.2. The van der Waals surface area contributed by atoms with E-state index in [0.717, 1.165) is 6.07 Å². The number of benzene rings is 2. The van der Waals surface area contributed by atoms with E-state index in [1.165, 1.54) is 26.4 Å². The van der Waals surface area contributed by atoms with Crippen molar-refractivity contribution in [2.75, 3.05) is 19.5 Å². The van der Waals surface area contributed by atoms with Crippen LogP contribution in [0.5, 0.6) is 11.5 Å². The summed E-state index contributed by atoms with van der Waals surface area (Å²) >= 11 is 0. The Morgan fingerprint density at radius 1 is 1.04 bits per heavy atom. The SMILES string of the molecule is COc1cc(Nc2ccc(S(=O)(=O)C(F)(F)F)cc2[N+](=O)[O-])cc(OC)c1. The molecule has 0 saturated heterocycles. The number of alkyl halides is 3. The van der Waals surface area contributed by atoms with Crippen LogP contribution in [0, 0.1) is 10.1 Å². The summed E-state index contributed by atoms with van der Waals surface area (Å²) in [6.45, 7) is 0. The van der Waals surface area contributed by atoms with Gasteiger partial charge in [0, 0.05) is 30.0 Å². The first-order valence-electron chi connectivity index (χ1n) is 7.09. The van der Waals surface area contributed by atoms with Gasteiger partial charge in [-0.05, 0) is 12.1 Å². The fraction of sp³-hybridized carbons (Fsp3) is 0.200. The Labute approximate surface area is 151 Å². The van der Waals surface area contributed by atoms with E-state index >= 15 is 0 Å². The molecule has 2 aromatic rings. The molecule has 0 radical (unpaired) electrons. The minimum Gasteiger partial charge on any atom is -0.497 e. The Morgan fingerprint density at radius 3 is 2.04 bits per heavy atom. The summed E-state index contributed by atoms with van der Waals surface area (Å²) in [6.07, 6.45) is 0. The molecule has 2 aromatic carbocycles. The van der Waals surface area contributed by atoms with Crippen molar-refractivity contribution in [3.63, 3.8) is 0 Å². The first kappa shape index (κ1) is 20.3. The molecule has 0 bridgehead atoms. The molecule has 2 rings (SSSR count). The number of sulfone groups is 1. The molecule has 0 saturated carbocycles. The van der Waals surface area contributed by atoms with Crippen molar-refractivity contribution in [1.82, 2.24) is 0 Å². The van der Waals surface area contributed by atoms with Gasteiger partial charge in [-0.15, -0.1) is 0 Å². The zero-order valence-electron chi connectivity index (χ0n) is 13.9. The normalized spacial score (nSPS) is 11.7. The minimum atomic E-state index is -5.72. The Morgan fingerprint density at radius 2 is 1.59 bits per heavy atom. The lowest BCUT2D eigenvalue weighted by molar-refractivity contribution is -0.384. The number of anilines is 2. The van der Waals surface area contributed by atoms with E-state index in [4.69, 9.17) is 9.47 Å². The molecule has 0 heterocycles. The van der Waals surface area contributed by atoms with Crippen LogP contribution >= 0.6 is 0 Å². The number of hydrogen-bond donors (Lipinski definition) is 1. The summed E-state index contributed by atoms with van der Waals surface area (Å²) in [5.74, 6) is 0.714. The van der Waals surface area contributed by atoms with Crippen LogP contribution in [-0.2, 0) is 9.84 Å². The number of nitro benzene ring substituents is 1. The maximum absolute atomic E-state index is 12.7. The number of nitrogens with one attached hydrogen (secondary N) is 1. The van der Waals surface area contributed by atoms with Gasteiger partial charge in [0.2, 0.25) is 0 Å². The quantitative estimate of drug-likeness (QED) is 0.576. The van der Waals surface area contributed by atoms with Gasteiger partial charge < -0.3 is 14.8 Å². The average molecular weight is 406 g/mol. The molecule has 0 fully saturated rings. The third-order valence-corrected chi connectivity index (χ3v) is 4.90. The Bertz CT molecular complexity index is 954. The predicted octanol–water partition coefficient (Wildman–Crippen LogP) is 3.65. The Hall–Kier alpha value is -3.02. The number of ether oxygens (including phenoxy) is 2. The van der Waals surface area contributed by atoms with Gasteiger partial charge in [-0.25, -0.2) is 8.42 Å². The van der Waals surface area contributed by atoms with Crippen LogP contribution in [0.2, 0.25) is 0 Å². The van der Waals surface area contributed by atoms with E-state index in [0.29, 0.717) is 23.6 Å². The van der Waals surface area contributed by atoms with Crippen molar-refractivity contribution < 1.29 is 36.0 Å². The first-order valence-corrected chi connectivity index (χ1v) is 8.58. The lowest BCUT2D eigenvalue weighted by Crippen LogP contribution is -2.23. The minimum absolute atomic E-state index is 0.212. The molecule has 146 valence electrons. The van der Waals surface area contributed by atoms with E-state index in [9.17, 15) is 31.7 Å². The molecule has 27 heavy (non-hydrogen) atoms. The summed E-state index contributed by atoms with van der Waals surface area (Å²) < 4.78 is 71.0. The van der Waals surface area contributed by atoms with Crippen molar-refractivity contribution in [2.24, 2.45) is 0 Å². The average Bonchev–Trinajstić information content (AvgIpc) is 2.60. The molecule has 0 aliphatic rings. The van der Waals surface area contributed by atoms with Crippen molar-refractivity contribution in [1.29, 1.82) is 0 Å². The Kier molecular flexibility index (Phi) is 5.49. The number of methoxy groups -OCH3 is 2. The molecular weight excluding hydrogens is 393 g/mol. The second-order valence-electron chi connectivity index (χ2n) is 5.11. The molecular formula is C15H13F3N2O6S. The fourth-order valence-corrected chi connectivity index (χ4v) is 2.89. The summed E-state index contributed by atoms with van der Waals surface area (Å²) in [5.41, 5.74) is -6.35. The molecule has 0 aromatic heterocycles. The van der Waals surface area contributed by atoms with Gasteiger partial charge in [-0.1, -0.05) is 0 Å². The molecule has 8 nitrogen and oxygen atoms in total. The van der Waals surface area contributed by atoms with Crippen LogP contribution in [0.15, 0.2) is 41.3 Å². The topological polar surface area (TPSA) is 108 Å². The highest BCUT2D eigenvalue weighted by Gasteiger charge is 2.47. The monoisotopic (exact) mass is 406 g/mol. The highest BCUT2D eigenvalue weighted by Crippen LogP contribution is 2.36. The van der Waals surface area contributed by atoms with E-state index in [2.05, 4.69) is 5.32 Å². The summed E-state index contributed by atoms with van der Waals surface area (Å²) in [4.78, 5) is 9.01. The van der Waals surface area contributed by atoms with Gasteiger partial charge in [0.25, 0.3) is 15.5 Å². The van der Waals surface area contributed by atoms with Crippen molar-refractivity contribution in [2.45, 2.75) is 10.4 Å².